The van der Waals surface area contributed by atoms with Gasteiger partial charge in [-0.3, -0.25) is 0 Å². The maximum atomic E-state index is 3.49. The Hall–Kier alpha value is -0.0800. The quantitative estimate of drug-likeness (QED) is 0.658. The Morgan fingerprint density at radius 3 is 2.17 bits per heavy atom. The molecule has 0 aliphatic heterocycles. The van der Waals surface area contributed by atoms with Gasteiger partial charge in [0.2, 0.25) is 0 Å². The Balaban J connectivity index is 3.37. The van der Waals surface area contributed by atoms with Crippen LogP contribution < -0.4 is 10.6 Å². The summed E-state index contributed by atoms with van der Waals surface area (Å²) in [6.07, 6.45) is 0. The largest absolute Gasteiger partial charge is 0.317 e. The average molecular weight is 172 g/mol. The highest BCUT2D eigenvalue weighted by atomic mass is 15.0. The summed E-state index contributed by atoms with van der Waals surface area (Å²) < 4.78 is 0. The number of rotatable bonds is 5. The van der Waals surface area contributed by atoms with Crippen LogP contribution in [0.25, 0.3) is 0 Å². The first-order chi connectivity index (χ1) is 5.45. The zero-order chi connectivity index (χ0) is 9.61. The van der Waals surface area contributed by atoms with Gasteiger partial charge in [-0.1, -0.05) is 13.8 Å². The molecule has 1 atom stereocenters. The van der Waals surface area contributed by atoms with Gasteiger partial charge in [-0.25, -0.2) is 0 Å². The second-order valence-electron chi connectivity index (χ2n) is 4.54. The summed E-state index contributed by atoms with van der Waals surface area (Å²) in [5, 5.41) is 6.83. The Morgan fingerprint density at radius 2 is 1.75 bits per heavy atom. The summed E-state index contributed by atoms with van der Waals surface area (Å²) in [5.41, 5.74) is 0.250. The second kappa shape index (κ2) is 5.55. The fourth-order valence-electron chi connectivity index (χ4n) is 0.943. The molecule has 0 aromatic heterocycles. The average Bonchev–Trinajstić information content (AvgIpc) is 1.95. The molecule has 74 valence electrons. The highest BCUT2D eigenvalue weighted by molar-refractivity contribution is 4.72. The molecule has 1 unspecified atom stereocenters. The zero-order valence-corrected chi connectivity index (χ0v) is 9.20. The molecule has 2 nitrogen and oxygen atoms in total. The fraction of sp³-hybridized carbons (Fsp3) is 1.00. The third-order valence-corrected chi connectivity index (χ3v) is 1.72. The molecule has 0 fully saturated rings. The SMILES string of the molecule is CCNCC(C)CNC(C)(C)C. The first kappa shape index (κ1) is 11.9. The van der Waals surface area contributed by atoms with E-state index >= 15 is 0 Å². The summed E-state index contributed by atoms with van der Waals surface area (Å²) >= 11 is 0. The molecule has 0 aliphatic rings. The molecule has 0 amide bonds. The lowest BCUT2D eigenvalue weighted by Gasteiger charge is -2.23. The molecule has 0 aromatic carbocycles. The summed E-state index contributed by atoms with van der Waals surface area (Å²) in [4.78, 5) is 0. The minimum Gasteiger partial charge on any atom is -0.317 e. The van der Waals surface area contributed by atoms with Gasteiger partial charge in [0.1, 0.15) is 0 Å². The molecule has 0 rings (SSSR count). The highest BCUT2D eigenvalue weighted by Gasteiger charge is 2.10. The Labute approximate surface area is 77.1 Å². The Kier molecular flexibility index (Phi) is 5.51. The van der Waals surface area contributed by atoms with E-state index in [0.29, 0.717) is 5.92 Å². The van der Waals surface area contributed by atoms with E-state index in [1.807, 2.05) is 0 Å². The van der Waals surface area contributed by atoms with E-state index in [1.54, 1.807) is 0 Å². The minimum atomic E-state index is 0.250. The molecule has 0 saturated carbocycles. The van der Waals surface area contributed by atoms with E-state index in [-0.39, 0.29) is 5.54 Å². The van der Waals surface area contributed by atoms with E-state index in [1.165, 1.54) is 0 Å². The van der Waals surface area contributed by atoms with Crippen molar-refractivity contribution >= 4 is 0 Å². The van der Waals surface area contributed by atoms with Crippen molar-refractivity contribution in [2.24, 2.45) is 5.92 Å². The van der Waals surface area contributed by atoms with Crippen LogP contribution in [0.3, 0.4) is 0 Å². The first-order valence-electron chi connectivity index (χ1n) is 4.91. The van der Waals surface area contributed by atoms with Crippen LogP contribution in [0.1, 0.15) is 34.6 Å². The van der Waals surface area contributed by atoms with Crippen molar-refractivity contribution in [2.45, 2.75) is 40.2 Å². The number of hydrogen-bond acceptors (Lipinski definition) is 2. The molecular formula is C10H24N2. The van der Waals surface area contributed by atoms with Crippen molar-refractivity contribution in [3.05, 3.63) is 0 Å². The van der Waals surface area contributed by atoms with Crippen molar-refractivity contribution in [2.75, 3.05) is 19.6 Å². The smallest absolute Gasteiger partial charge is 0.00966 e. The van der Waals surface area contributed by atoms with Crippen molar-refractivity contribution in [3.63, 3.8) is 0 Å². The molecule has 0 heterocycles. The van der Waals surface area contributed by atoms with Crippen molar-refractivity contribution < 1.29 is 0 Å². The molecule has 0 bridgehead atoms. The van der Waals surface area contributed by atoms with Crippen molar-refractivity contribution in [3.8, 4) is 0 Å². The van der Waals surface area contributed by atoms with Gasteiger partial charge < -0.3 is 10.6 Å². The summed E-state index contributed by atoms with van der Waals surface area (Å²) in [6.45, 7) is 14.3. The molecule has 2 heteroatoms. The van der Waals surface area contributed by atoms with Gasteiger partial charge in [0.05, 0.1) is 0 Å². The van der Waals surface area contributed by atoms with Crippen molar-refractivity contribution in [1.82, 2.24) is 10.6 Å². The van der Waals surface area contributed by atoms with Crippen LogP contribution in [0.4, 0.5) is 0 Å². The Morgan fingerprint density at radius 1 is 1.17 bits per heavy atom. The van der Waals surface area contributed by atoms with Crippen LogP contribution in [-0.4, -0.2) is 25.2 Å². The standard InChI is InChI=1S/C10H24N2/c1-6-11-7-9(2)8-12-10(3,4)5/h9,11-12H,6-8H2,1-5H3. The highest BCUT2D eigenvalue weighted by Crippen LogP contribution is 2.00. The van der Waals surface area contributed by atoms with Gasteiger partial charge in [0, 0.05) is 5.54 Å². The molecule has 0 aromatic rings. The second-order valence-corrected chi connectivity index (χ2v) is 4.54. The summed E-state index contributed by atoms with van der Waals surface area (Å²) in [5.74, 6) is 0.712. The molecule has 0 saturated heterocycles. The topological polar surface area (TPSA) is 24.1 Å². The maximum Gasteiger partial charge on any atom is 0.00966 e. The van der Waals surface area contributed by atoms with Gasteiger partial charge in [-0.15, -0.1) is 0 Å². The monoisotopic (exact) mass is 172 g/mol. The van der Waals surface area contributed by atoms with Crippen LogP contribution >= 0.6 is 0 Å². The van der Waals surface area contributed by atoms with Gasteiger partial charge in [0.15, 0.2) is 0 Å². The molecular weight excluding hydrogens is 148 g/mol. The predicted octanol–water partition coefficient (Wildman–Crippen LogP) is 1.62. The lowest BCUT2D eigenvalue weighted by Crippen LogP contribution is -2.40. The van der Waals surface area contributed by atoms with Gasteiger partial charge in [-0.2, -0.15) is 0 Å². The van der Waals surface area contributed by atoms with Crippen LogP contribution in [-0.2, 0) is 0 Å². The van der Waals surface area contributed by atoms with Crippen LogP contribution in [0.15, 0.2) is 0 Å². The normalized spacial score (nSPS) is 14.8. The summed E-state index contributed by atoms with van der Waals surface area (Å²) in [6, 6.07) is 0. The predicted molar refractivity (Wildman–Crippen MR) is 55.5 cm³/mol. The van der Waals surface area contributed by atoms with E-state index in [4.69, 9.17) is 0 Å². The molecule has 0 spiro atoms. The number of hydrogen-bond donors (Lipinski definition) is 2. The zero-order valence-electron chi connectivity index (χ0n) is 9.20. The van der Waals surface area contributed by atoms with E-state index in [0.717, 1.165) is 19.6 Å². The van der Waals surface area contributed by atoms with Gasteiger partial charge >= 0.3 is 0 Å². The molecule has 0 radical (unpaired) electrons. The van der Waals surface area contributed by atoms with Crippen LogP contribution in [0.5, 0.6) is 0 Å². The van der Waals surface area contributed by atoms with E-state index in [9.17, 15) is 0 Å². The van der Waals surface area contributed by atoms with Crippen LogP contribution in [0.2, 0.25) is 0 Å². The molecule has 12 heavy (non-hydrogen) atoms. The van der Waals surface area contributed by atoms with Gasteiger partial charge in [0.25, 0.3) is 0 Å². The molecule has 0 aliphatic carbocycles. The lowest BCUT2D eigenvalue weighted by atomic mass is 10.1. The first-order valence-corrected chi connectivity index (χ1v) is 4.91. The molecule has 2 N–H and O–H groups in total. The third-order valence-electron chi connectivity index (χ3n) is 1.72. The van der Waals surface area contributed by atoms with Gasteiger partial charge in [-0.05, 0) is 46.3 Å². The van der Waals surface area contributed by atoms with E-state index in [2.05, 4.69) is 45.3 Å². The Bertz CT molecular complexity index is 105. The lowest BCUT2D eigenvalue weighted by molar-refractivity contribution is 0.375. The third kappa shape index (κ3) is 8.02. The summed E-state index contributed by atoms with van der Waals surface area (Å²) in [7, 11) is 0. The van der Waals surface area contributed by atoms with E-state index < -0.39 is 0 Å². The van der Waals surface area contributed by atoms with Crippen molar-refractivity contribution in [1.29, 1.82) is 0 Å². The number of nitrogens with one attached hydrogen (secondary N) is 2. The fourth-order valence-corrected chi connectivity index (χ4v) is 0.943. The maximum absolute atomic E-state index is 3.49. The minimum absolute atomic E-state index is 0.250. The van der Waals surface area contributed by atoms with Crippen LogP contribution in [0, 0.1) is 5.92 Å².